The molecular formula is C20H17N3O3S. The van der Waals surface area contributed by atoms with E-state index in [4.69, 9.17) is 4.74 Å². The van der Waals surface area contributed by atoms with Crippen molar-refractivity contribution in [2.24, 2.45) is 7.05 Å². The number of methoxy groups -OCH3 is 1. The van der Waals surface area contributed by atoms with Crippen LogP contribution in [-0.2, 0) is 17.5 Å². The lowest BCUT2D eigenvalue weighted by atomic mass is 10.1. The Morgan fingerprint density at radius 2 is 1.89 bits per heavy atom. The number of aryl methyl sites for hydroxylation is 1. The van der Waals surface area contributed by atoms with Gasteiger partial charge in [0.25, 0.3) is 5.91 Å². The number of fused-ring (bicyclic) bond motifs is 3. The number of hydrogen-bond donors (Lipinski definition) is 1. The molecule has 0 unspecified atom stereocenters. The molecule has 1 aromatic heterocycles. The van der Waals surface area contributed by atoms with Crippen LogP contribution in [0.25, 0.3) is 11.3 Å². The molecule has 1 N–H and O–H groups in total. The number of thioether (sulfide) groups is 1. The minimum absolute atomic E-state index is 0.304. The summed E-state index contributed by atoms with van der Waals surface area (Å²) in [5, 5.41) is 7.26. The second kappa shape index (κ2) is 6.92. The van der Waals surface area contributed by atoms with E-state index in [1.807, 2.05) is 25.2 Å². The van der Waals surface area contributed by atoms with E-state index in [0.29, 0.717) is 22.7 Å². The Morgan fingerprint density at radius 1 is 1.15 bits per heavy atom. The van der Waals surface area contributed by atoms with Gasteiger partial charge >= 0.3 is 5.97 Å². The smallest absolute Gasteiger partial charge is 0.339 e. The summed E-state index contributed by atoms with van der Waals surface area (Å²) in [5.41, 5.74) is 4.00. The van der Waals surface area contributed by atoms with Gasteiger partial charge in [-0.3, -0.25) is 9.48 Å². The second-order valence-corrected chi connectivity index (χ2v) is 7.09. The minimum atomic E-state index is -0.501. The van der Waals surface area contributed by atoms with Crippen molar-refractivity contribution in [3.05, 3.63) is 65.4 Å². The first-order chi connectivity index (χ1) is 13.1. The molecule has 0 bridgehead atoms. The number of carbonyl (C=O) groups is 2. The lowest BCUT2D eigenvalue weighted by Crippen LogP contribution is -2.17. The summed E-state index contributed by atoms with van der Waals surface area (Å²) in [6.45, 7) is 0. The predicted octanol–water partition coefficient (Wildman–Crippen LogP) is 3.73. The van der Waals surface area contributed by atoms with Gasteiger partial charge in [0.1, 0.15) is 0 Å². The molecule has 0 spiro atoms. The van der Waals surface area contributed by atoms with Gasteiger partial charge < -0.3 is 10.1 Å². The Morgan fingerprint density at radius 3 is 2.70 bits per heavy atom. The van der Waals surface area contributed by atoms with Crippen molar-refractivity contribution >= 4 is 29.3 Å². The summed E-state index contributed by atoms with van der Waals surface area (Å²) in [6.07, 6.45) is 0. The van der Waals surface area contributed by atoms with Crippen LogP contribution in [0.2, 0.25) is 0 Å². The van der Waals surface area contributed by atoms with E-state index in [1.54, 1.807) is 40.7 Å². The molecule has 1 aliphatic heterocycles. The summed E-state index contributed by atoms with van der Waals surface area (Å²) >= 11 is 1.69. The molecule has 0 radical (unpaired) electrons. The minimum Gasteiger partial charge on any atom is -0.465 e. The summed E-state index contributed by atoms with van der Waals surface area (Å²) < 4.78 is 6.53. The average Bonchev–Trinajstić information content (AvgIpc) is 3.05. The van der Waals surface area contributed by atoms with E-state index in [-0.39, 0.29) is 5.91 Å². The predicted molar refractivity (Wildman–Crippen MR) is 104 cm³/mol. The SMILES string of the molecule is COC(=O)c1ccccc1NC(=O)c1nn(C)c2c1CSc1ccccc1-2. The van der Waals surface area contributed by atoms with E-state index in [9.17, 15) is 9.59 Å². The van der Waals surface area contributed by atoms with Crippen LogP contribution in [0.1, 0.15) is 26.4 Å². The van der Waals surface area contributed by atoms with Crippen molar-refractivity contribution in [2.45, 2.75) is 10.6 Å². The van der Waals surface area contributed by atoms with Crippen molar-refractivity contribution in [1.82, 2.24) is 9.78 Å². The van der Waals surface area contributed by atoms with Gasteiger partial charge in [0.2, 0.25) is 0 Å². The number of esters is 1. The monoisotopic (exact) mass is 379 g/mol. The first-order valence-electron chi connectivity index (χ1n) is 8.37. The molecule has 2 heterocycles. The number of aromatic nitrogens is 2. The Bertz CT molecular complexity index is 1060. The molecule has 4 rings (SSSR count). The van der Waals surface area contributed by atoms with Crippen molar-refractivity contribution in [3.8, 4) is 11.3 Å². The van der Waals surface area contributed by atoms with Gasteiger partial charge in [0.15, 0.2) is 5.69 Å². The van der Waals surface area contributed by atoms with Crippen LogP contribution < -0.4 is 5.32 Å². The Labute approximate surface area is 160 Å². The third kappa shape index (κ3) is 3.00. The normalized spacial score (nSPS) is 12.1. The molecule has 2 aromatic carbocycles. The van der Waals surface area contributed by atoms with E-state index >= 15 is 0 Å². The fourth-order valence-electron chi connectivity index (χ4n) is 3.22. The third-order valence-corrected chi connectivity index (χ3v) is 5.56. The summed E-state index contributed by atoms with van der Waals surface area (Å²) in [5.74, 6) is -0.177. The maximum Gasteiger partial charge on any atom is 0.339 e. The molecule has 7 heteroatoms. The van der Waals surface area contributed by atoms with Crippen molar-refractivity contribution in [3.63, 3.8) is 0 Å². The molecule has 0 saturated carbocycles. The summed E-state index contributed by atoms with van der Waals surface area (Å²) in [7, 11) is 3.15. The molecule has 0 aliphatic carbocycles. The summed E-state index contributed by atoms with van der Waals surface area (Å²) in [6, 6.07) is 14.8. The number of hydrogen-bond acceptors (Lipinski definition) is 5. The van der Waals surface area contributed by atoms with Gasteiger partial charge in [0.05, 0.1) is 24.1 Å². The standard InChI is InChI=1S/C20H17N3O3S/c1-23-18-13-8-4-6-10-16(13)27-11-14(18)17(22-23)19(24)21-15-9-5-3-7-12(15)20(25)26-2/h3-10H,11H2,1-2H3,(H,21,24). The zero-order valence-electron chi connectivity index (χ0n) is 14.9. The van der Waals surface area contributed by atoms with E-state index in [2.05, 4.69) is 16.5 Å². The molecule has 6 nitrogen and oxygen atoms in total. The van der Waals surface area contributed by atoms with Crippen LogP contribution >= 0.6 is 11.8 Å². The number of ether oxygens (including phenoxy) is 1. The van der Waals surface area contributed by atoms with Gasteiger partial charge in [-0.2, -0.15) is 5.10 Å². The van der Waals surface area contributed by atoms with Gasteiger partial charge in [-0.05, 0) is 18.2 Å². The highest BCUT2D eigenvalue weighted by molar-refractivity contribution is 7.98. The second-order valence-electron chi connectivity index (χ2n) is 6.08. The van der Waals surface area contributed by atoms with E-state index in [1.165, 1.54) is 12.0 Å². The number of nitrogens with one attached hydrogen (secondary N) is 1. The van der Waals surface area contributed by atoms with Crippen LogP contribution in [-0.4, -0.2) is 28.8 Å². The van der Waals surface area contributed by atoms with Crippen LogP contribution in [0.15, 0.2) is 53.4 Å². The first kappa shape index (κ1) is 17.4. The van der Waals surface area contributed by atoms with Gasteiger partial charge in [-0.15, -0.1) is 11.8 Å². The van der Waals surface area contributed by atoms with Crippen molar-refractivity contribution < 1.29 is 14.3 Å². The number of nitrogens with zero attached hydrogens (tertiary/aromatic N) is 2. The van der Waals surface area contributed by atoms with Crippen LogP contribution in [0.5, 0.6) is 0 Å². The van der Waals surface area contributed by atoms with Gasteiger partial charge in [-0.25, -0.2) is 4.79 Å². The van der Waals surface area contributed by atoms with Crippen LogP contribution in [0, 0.1) is 0 Å². The fraction of sp³-hybridized carbons (Fsp3) is 0.150. The third-order valence-electron chi connectivity index (χ3n) is 4.46. The molecule has 136 valence electrons. The molecule has 1 aliphatic rings. The van der Waals surface area contributed by atoms with Crippen molar-refractivity contribution in [2.75, 3.05) is 12.4 Å². The zero-order valence-corrected chi connectivity index (χ0v) is 15.7. The molecule has 0 fully saturated rings. The topological polar surface area (TPSA) is 73.2 Å². The van der Waals surface area contributed by atoms with E-state index < -0.39 is 5.97 Å². The van der Waals surface area contributed by atoms with Crippen LogP contribution in [0.4, 0.5) is 5.69 Å². The highest BCUT2D eigenvalue weighted by Crippen LogP contribution is 2.42. The lowest BCUT2D eigenvalue weighted by Gasteiger charge is -2.17. The molecule has 27 heavy (non-hydrogen) atoms. The molecule has 0 saturated heterocycles. The fourth-order valence-corrected chi connectivity index (χ4v) is 4.29. The van der Waals surface area contributed by atoms with Crippen molar-refractivity contribution in [1.29, 1.82) is 0 Å². The Hall–Kier alpha value is -3.06. The largest absolute Gasteiger partial charge is 0.465 e. The van der Waals surface area contributed by atoms with E-state index in [0.717, 1.165) is 16.8 Å². The Kier molecular flexibility index (Phi) is 4.45. The molecule has 3 aromatic rings. The molecule has 0 atom stereocenters. The number of para-hydroxylation sites is 1. The number of amides is 1. The average molecular weight is 379 g/mol. The quantitative estimate of drug-likeness (QED) is 0.702. The number of rotatable bonds is 3. The molecule has 1 amide bonds. The molecular weight excluding hydrogens is 362 g/mol. The summed E-state index contributed by atoms with van der Waals surface area (Å²) in [4.78, 5) is 26.0. The number of anilines is 1. The zero-order chi connectivity index (χ0) is 19.0. The maximum atomic E-state index is 12.9. The highest BCUT2D eigenvalue weighted by Gasteiger charge is 2.28. The maximum absolute atomic E-state index is 12.9. The first-order valence-corrected chi connectivity index (χ1v) is 9.35. The van der Waals surface area contributed by atoms with Crippen LogP contribution in [0.3, 0.4) is 0 Å². The van der Waals surface area contributed by atoms with Gasteiger partial charge in [-0.1, -0.05) is 30.3 Å². The van der Waals surface area contributed by atoms with Gasteiger partial charge in [0, 0.05) is 28.8 Å². The lowest BCUT2D eigenvalue weighted by molar-refractivity contribution is 0.0602. The Balaban J connectivity index is 1.71. The number of carbonyl (C=O) groups excluding carboxylic acids is 2. The number of benzene rings is 2. The highest BCUT2D eigenvalue weighted by atomic mass is 32.2.